The SMILES string of the molecule is [CH2]C(O)Cc1ccc(N(CC=C)CC=C)cc1. The summed E-state index contributed by atoms with van der Waals surface area (Å²) in [5.41, 5.74) is 2.22. The van der Waals surface area contributed by atoms with E-state index in [2.05, 4.69) is 25.0 Å². The number of aliphatic hydroxyl groups is 1. The second-order valence-corrected chi connectivity index (χ2v) is 4.01. The van der Waals surface area contributed by atoms with E-state index in [1.807, 2.05) is 36.4 Å². The molecule has 0 aliphatic carbocycles. The maximum absolute atomic E-state index is 9.20. The van der Waals surface area contributed by atoms with Crippen LogP contribution in [0.5, 0.6) is 0 Å². The lowest BCUT2D eigenvalue weighted by molar-refractivity contribution is 0.221. The zero-order chi connectivity index (χ0) is 12.7. The molecule has 1 rings (SSSR count). The first-order valence-corrected chi connectivity index (χ1v) is 5.74. The fraction of sp³-hybridized carbons (Fsp3) is 0.267. The topological polar surface area (TPSA) is 23.5 Å². The average Bonchev–Trinajstić information content (AvgIpc) is 2.29. The standard InChI is InChI=1S/C15H20NO/c1-4-10-16(11-5-2)15-8-6-14(7-9-15)12-13(3)17/h4-9,13,17H,1-3,10-12H2. The van der Waals surface area contributed by atoms with E-state index in [1.54, 1.807) is 0 Å². The van der Waals surface area contributed by atoms with Crippen molar-refractivity contribution in [1.82, 2.24) is 0 Å². The number of rotatable bonds is 7. The molecule has 0 saturated heterocycles. The Kier molecular flexibility index (Phi) is 5.50. The van der Waals surface area contributed by atoms with Crippen LogP contribution in [0.1, 0.15) is 5.56 Å². The lowest BCUT2D eigenvalue weighted by Crippen LogP contribution is -2.22. The third-order valence-corrected chi connectivity index (χ3v) is 2.47. The van der Waals surface area contributed by atoms with E-state index in [1.165, 1.54) is 0 Å². The summed E-state index contributed by atoms with van der Waals surface area (Å²) in [7, 11) is 0. The maximum Gasteiger partial charge on any atom is 0.0581 e. The summed E-state index contributed by atoms with van der Waals surface area (Å²) in [6.07, 6.45) is 3.79. The van der Waals surface area contributed by atoms with Crippen LogP contribution in [0.15, 0.2) is 49.6 Å². The molecule has 0 spiro atoms. The Morgan fingerprint density at radius 1 is 1.12 bits per heavy atom. The molecule has 91 valence electrons. The van der Waals surface area contributed by atoms with Crippen LogP contribution in [-0.4, -0.2) is 24.3 Å². The minimum Gasteiger partial charge on any atom is -0.393 e. The zero-order valence-corrected chi connectivity index (χ0v) is 10.2. The van der Waals surface area contributed by atoms with Crippen LogP contribution in [0.25, 0.3) is 0 Å². The van der Waals surface area contributed by atoms with Gasteiger partial charge in [-0.25, -0.2) is 0 Å². The van der Waals surface area contributed by atoms with Crippen LogP contribution in [0.2, 0.25) is 0 Å². The van der Waals surface area contributed by atoms with E-state index < -0.39 is 6.10 Å². The molecule has 17 heavy (non-hydrogen) atoms. The van der Waals surface area contributed by atoms with Gasteiger partial charge in [-0.05, 0) is 31.0 Å². The Labute approximate surface area is 104 Å². The van der Waals surface area contributed by atoms with Crippen LogP contribution < -0.4 is 4.90 Å². The Hall–Kier alpha value is -1.54. The summed E-state index contributed by atoms with van der Waals surface area (Å²) in [5, 5.41) is 9.20. The van der Waals surface area contributed by atoms with Crippen molar-refractivity contribution in [3.8, 4) is 0 Å². The highest BCUT2D eigenvalue weighted by atomic mass is 16.3. The van der Waals surface area contributed by atoms with Gasteiger partial charge in [-0.15, -0.1) is 13.2 Å². The number of nitrogens with zero attached hydrogens (tertiary/aromatic N) is 1. The van der Waals surface area contributed by atoms with Crippen molar-refractivity contribution < 1.29 is 5.11 Å². The van der Waals surface area contributed by atoms with Crippen molar-refractivity contribution in [2.45, 2.75) is 12.5 Å². The molecule has 1 aromatic rings. The second kappa shape index (κ2) is 6.92. The molecule has 0 aliphatic rings. The summed E-state index contributed by atoms with van der Waals surface area (Å²) >= 11 is 0. The first-order valence-electron chi connectivity index (χ1n) is 5.74. The predicted octanol–water partition coefficient (Wildman–Crippen LogP) is 2.60. The highest BCUT2D eigenvalue weighted by Crippen LogP contribution is 2.16. The fourth-order valence-electron chi connectivity index (χ4n) is 1.71. The summed E-state index contributed by atoms with van der Waals surface area (Å²) < 4.78 is 0. The van der Waals surface area contributed by atoms with Gasteiger partial charge in [-0.1, -0.05) is 24.3 Å². The molecular weight excluding hydrogens is 210 g/mol. The van der Waals surface area contributed by atoms with E-state index in [0.717, 1.165) is 24.3 Å². The smallest absolute Gasteiger partial charge is 0.0581 e. The van der Waals surface area contributed by atoms with E-state index in [4.69, 9.17) is 0 Å². The van der Waals surface area contributed by atoms with Gasteiger partial charge in [-0.2, -0.15) is 0 Å². The normalized spacial score (nSPS) is 11.9. The van der Waals surface area contributed by atoms with Crippen molar-refractivity contribution in [3.05, 3.63) is 62.1 Å². The summed E-state index contributed by atoms with van der Waals surface area (Å²) in [6, 6.07) is 8.13. The number of benzene rings is 1. The van der Waals surface area contributed by atoms with Crippen LogP contribution in [0.4, 0.5) is 5.69 Å². The molecule has 1 aromatic carbocycles. The highest BCUT2D eigenvalue weighted by molar-refractivity contribution is 5.48. The van der Waals surface area contributed by atoms with Crippen LogP contribution in [0.3, 0.4) is 0 Å². The number of hydrogen-bond acceptors (Lipinski definition) is 2. The number of hydrogen-bond donors (Lipinski definition) is 1. The zero-order valence-electron chi connectivity index (χ0n) is 10.2. The lowest BCUT2D eigenvalue weighted by atomic mass is 10.1. The van der Waals surface area contributed by atoms with Crippen molar-refractivity contribution in [2.75, 3.05) is 18.0 Å². The molecular formula is C15H20NO. The molecule has 2 nitrogen and oxygen atoms in total. The average molecular weight is 230 g/mol. The fourth-order valence-corrected chi connectivity index (χ4v) is 1.71. The molecule has 0 aliphatic heterocycles. The molecule has 1 N–H and O–H groups in total. The molecule has 0 aromatic heterocycles. The highest BCUT2D eigenvalue weighted by Gasteiger charge is 2.03. The van der Waals surface area contributed by atoms with Gasteiger partial charge in [-0.3, -0.25) is 0 Å². The molecule has 0 bridgehead atoms. The predicted molar refractivity (Wildman–Crippen MR) is 74.1 cm³/mol. The molecule has 0 saturated carbocycles. The Balaban J connectivity index is 2.76. The van der Waals surface area contributed by atoms with Gasteiger partial charge in [0.25, 0.3) is 0 Å². The summed E-state index contributed by atoms with van der Waals surface area (Å²) in [4.78, 5) is 2.17. The molecule has 1 unspecified atom stereocenters. The molecule has 1 atom stereocenters. The van der Waals surface area contributed by atoms with E-state index in [-0.39, 0.29) is 0 Å². The van der Waals surface area contributed by atoms with Gasteiger partial charge in [0, 0.05) is 18.8 Å². The van der Waals surface area contributed by atoms with Crippen molar-refractivity contribution >= 4 is 5.69 Å². The minimum atomic E-state index is -0.543. The second-order valence-electron chi connectivity index (χ2n) is 4.01. The molecule has 0 fully saturated rings. The van der Waals surface area contributed by atoms with E-state index >= 15 is 0 Å². The van der Waals surface area contributed by atoms with Crippen LogP contribution in [0, 0.1) is 6.92 Å². The molecule has 1 radical (unpaired) electrons. The quantitative estimate of drug-likeness (QED) is 0.728. The molecule has 0 amide bonds. The van der Waals surface area contributed by atoms with Gasteiger partial charge in [0.15, 0.2) is 0 Å². The third-order valence-electron chi connectivity index (χ3n) is 2.47. The first-order chi connectivity index (χ1) is 8.17. The van der Waals surface area contributed by atoms with Gasteiger partial charge in [0.05, 0.1) is 6.10 Å². The Morgan fingerprint density at radius 2 is 1.65 bits per heavy atom. The maximum atomic E-state index is 9.20. The van der Waals surface area contributed by atoms with Gasteiger partial charge >= 0.3 is 0 Å². The van der Waals surface area contributed by atoms with E-state index in [9.17, 15) is 5.11 Å². The van der Waals surface area contributed by atoms with E-state index in [0.29, 0.717) is 6.42 Å². The number of anilines is 1. The third kappa shape index (κ3) is 4.45. The summed E-state index contributed by atoms with van der Waals surface area (Å²) in [6.45, 7) is 12.7. The summed E-state index contributed by atoms with van der Waals surface area (Å²) in [5.74, 6) is 0. The number of aliphatic hydroxyl groups excluding tert-OH is 1. The Morgan fingerprint density at radius 3 is 2.06 bits per heavy atom. The van der Waals surface area contributed by atoms with Gasteiger partial charge in [0.1, 0.15) is 0 Å². The van der Waals surface area contributed by atoms with Crippen molar-refractivity contribution in [3.63, 3.8) is 0 Å². The first kappa shape index (κ1) is 13.5. The molecule has 2 heteroatoms. The Bertz CT molecular complexity index is 344. The lowest BCUT2D eigenvalue weighted by Gasteiger charge is -2.21. The largest absolute Gasteiger partial charge is 0.393 e. The monoisotopic (exact) mass is 230 g/mol. The minimum absolute atomic E-state index is 0.543. The van der Waals surface area contributed by atoms with Crippen molar-refractivity contribution in [1.29, 1.82) is 0 Å². The van der Waals surface area contributed by atoms with Crippen LogP contribution in [-0.2, 0) is 6.42 Å². The van der Waals surface area contributed by atoms with Crippen molar-refractivity contribution in [2.24, 2.45) is 0 Å². The van der Waals surface area contributed by atoms with Gasteiger partial charge in [0.2, 0.25) is 0 Å². The van der Waals surface area contributed by atoms with Gasteiger partial charge < -0.3 is 10.0 Å². The van der Waals surface area contributed by atoms with Crippen LogP contribution >= 0.6 is 0 Å². The molecule has 0 heterocycles.